The number of aromatic nitrogens is 2. The average molecular weight is 476 g/mol. The molecule has 0 fully saturated rings. The van der Waals surface area contributed by atoms with E-state index >= 15 is 0 Å². The maximum atomic E-state index is 12.9. The lowest BCUT2D eigenvalue weighted by atomic mass is 9.79. The molecule has 34 heavy (non-hydrogen) atoms. The van der Waals surface area contributed by atoms with E-state index in [1.54, 1.807) is 0 Å². The summed E-state index contributed by atoms with van der Waals surface area (Å²) in [6.45, 7) is 8.70. The largest absolute Gasteiger partial charge is 0.459 e. The number of imidazole rings is 1. The van der Waals surface area contributed by atoms with E-state index in [2.05, 4.69) is 29.1 Å². The molecule has 2 heterocycles. The molecule has 3 atom stereocenters. The molecule has 188 valence electrons. The number of allylic oxidation sites excluding steroid dienone is 1. The Hall–Kier alpha value is -2.46. The molecule has 0 saturated heterocycles. The Bertz CT molecular complexity index is 895. The van der Waals surface area contributed by atoms with E-state index < -0.39 is 6.29 Å². The van der Waals surface area contributed by atoms with Crippen molar-refractivity contribution in [2.75, 3.05) is 39.6 Å². The number of hydrogen-bond donors (Lipinski definition) is 3. The Morgan fingerprint density at radius 3 is 2.68 bits per heavy atom. The van der Waals surface area contributed by atoms with Crippen molar-refractivity contribution in [2.45, 2.75) is 40.0 Å². The van der Waals surface area contributed by atoms with Gasteiger partial charge in [0.05, 0.1) is 44.0 Å². The van der Waals surface area contributed by atoms with Crippen LogP contribution in [0.15, 0.2) is 36.1 Å². The zero-order chi connectivity index (χ0) is 24.3. The molecule has 3 N–H and O–H groups in total. The maximum absolute atomic E-state index is 12.9. The number of hydrogen-bond acceptors (Lipinski definition) is 7. The molecule has 1 aromatic heterocycles. The van der Waals surface area contributed by atoms with Crippen molar-refractivity contribution in [3.05, 3.63) is 41.9 Å². The smallest absolute Gasteiger partial charge is 0.286 e. The van der Waals surface area contributed by atoms with Gasteiger partial charge in [0, 0.05) is 19.1 Å². The van der Waals surface area contributed by atoms with Crippen molar-refractivity contribution in [3.63, 3.8) is 0 Å². The van der Waals surface area contributed by atoms with Crippen LogP contribution in [-0.2, 0) is 30.3 Å². The second-order valence-electron chi connectivity index (χ2n) is 8.58. The lowest BCUT2D eigenvalue weighted by molar-refractivity contribution is -0.177. The third-order valence-corrected chi connectivity index (χ3v) is 5.81. The Morgan fingerprint density at radius 2 is 1.97 bits per heavy atom. The molecule has 0 radical (unpaired) electrons. The predicted octanol–water partition coefficient (Wildman–Crippen LogP) is 2.76. The Labute approximate surface area is 200 Å². The first-order valence-electron chi connectivity index (χ1n) is 12.0. The molecular formula is C25H37N3O6. The highest BCUT2D eigenvalue weighted by molar-refractivity contribution is 5.91. The summed E-state index contributed by atoms with van der Waals surface area (Å²) < 4.78 is 22.8. The lowest BCUT2D eigenvalue weighted by Crippen LogP contribution is -2.41. The molecule has 0 spiro atoms. The summed E-state index contributed by atoms with van der Waals surface area (Å²) in [4.78, 5) is 20.7. The first-order valence-corrected chi connectivity index (χ1v) is 12.0. The standard InChI is InChI=1S/C25H37N3O6/c1-4-33-25-18(9-11-31-13-14-32-12-10-29)19(17(2)3)15-22(34-25)24(30)26-16-23-27-20-7-5-6-8-21(20)28-23/h5-8,15,17-19,25,29H,4,9-14,16H2,1-3H3,(H,26,30)(H,27,28). The molecule has 1 amide bonds. The van der Waals surface area contributed by atoms with Gasteiger partial charge in [-0.2, -0.15) is 0 Å². The van der Waals surface area contributed by atoms with E-state index in [9.17, 15) is 4.79 Å². The van der Waals surface area contributed by atoms with Crippen LogP contribution in [0.3, 0.4) is 0 Å². The Kier molecular flexibility index (Phi) is 10.3. The number of para-hydroxylation sites is 2. The van der Waals surface area contributed by atoms with Gasteiger partial charge in [0.2, 0.25) is 6.29 Å². The Morgan fingerprint density at radius 1 is 1.21 bits per heavy atom. The molecular weight excluding hydrogens is 438 g/mol. The molecule has 1 aliphatic rings. The summed E-state index contributed by atoms with van der Waals surface area (Å²) in [6.07, 6.45) is 2.13. The fourth-order valence-corrected chi connectivity index (χ4v) is 4.14. The minimum atomic E-state index is -0.524. The van der Waals surface area contributed by atoms with Crippen LogP contribution < -0.4 is 5.32 Å². The SMILES string of the molecule is CCOC1OC(C(=O)NCc2nc3ccccc3[nH]2)=CC(C(C)C)C1CCOCCOCCO. The van der Waals surface area contributed by atoms with Crippen LogP contribution in [0.2, 0.25) is 0 Å². The minimum Gasteiger partial charge on any atom is -0.459 e. The monoisotopic (exact) mass is 475 g/mol. The van der Waals surface area contributed by atoms with Gasteiger partial charge in [0.1, 0.15) is 5.82 Å². The number of aliphatic hydroxyl groups is 1. The normalized spacial score (nSPS) is 20.4. The number of H-pyrrole nitrogens is 1. The number of amides is 1. The summed E-state index contributed by atoms with van der Waals surface area (Å²) in [6, 6.07) is 7.75. The van der Waals surface area contributed by atoms with Crippen molar-refractivity contribution in [2.24, 2.45) is 17.8 Å². The van der Waals surface area contributed by atoms with Gasteiger partial charge in [-0.3, -0.25) is 4.79 Å². The van der Waals surface area contributed by atoms with Crippen molar-refractivity contribution in [3.8, 4) is 0 Å². The van der Waals surface area contributed by atoms with E-state index in [0.29, 0.717) is 44.8 Å². The van der Waals surface area contributed by atoms with Crippen LogP contribution >= 0.6 is 0 Å². The van der Waals surface area contributed by atoms with Crippen LogP contribution in [0.4, 0.5) is 0 Å². The van der Waals surface area contributed by atoms with Gasteiger partial charge in [-0.15, -0.1) is 0 Å². The van der Waals surface area contributed by atoms with Crippen molar-refractivity contribution in [1.29, 1.82) is 0 Å². The van der Waals surface area contributed by atoms with Gasteiger partial charge in [-0.05, 0) is 43.4 Å². The fraction of sp³-hybridized carbons (Fsp3) is 0.600. The minimum absolute atomic E-state index is 0.00599. The highest BCUT2D eigenvalue weighted by atomic mass is 16.7. The van der Waals surface area contributed by atoms with Crippen molar-refractivity contribution in [1.82, 2.24) is 15.3 Å². The summed E-state index contributed by atoms with van der Waals surface area (Å²) in [5.41, 5.74) is 1.79. The maximum Gasteiger partial charge on any atom is 0.286 e. The van der Waals surface area contributed by atoms with E-state index in [0.717, 1.165) is 17.5 Å². The zero-order valence-corrected chi connectivity index (χ0v) is 20.3. The summed E-state index contributed by atoms with van der Waals surface area (Å²) in [7, 11) is 0. The summed E-state index contributed by atoms with van der Waals surface area (Å²) in [5, 5.41) is 11.7. The molecule has 3 rings (SSSR count). The van der Waals surface area contributed by atoms with Crippen molar-refractivity contribution >= 4 is 16.9 Å². The molecule has 3 unspecified atom stereocenters. The fourth-order valence-electron chi connectivity index (χ4n) is 4.14. The number of carbonyl (C=O) groups excluding carboxylic acids is 1. The number of ether oxygens (including phenoxy) is 4. The quantitative estimate of drug-likeness (QED) is 0.360. The van der Waals surface area contributed by atoms with E-state index in [1.165, 1.54) is 0 Å². The van der Waals surface area contributed by atoms with Crippen LogP contribution in [0, 0.1) is 17.8 Å². The number of rotatable bonds is 14. The molecule has 1 aromatic carbocycles. The molecule has 2 aromatic rings. The molecule has 9 nitrogen and oxygen atoms in total. The van der Waals surface area contributed by atoms with E-state index in [4.69, 9.17) is 24.1 Å². The predicted molar refractivity (Wildman–Crippen MR) is 128 cm³/mol. The van der Waals surface area contributed by atoms with E-state index in [-0.39, 0.29) is 36.7 Å². The first kappa shape index (κ1) is 26.2. The number of benzene rings is 1. The highest BCUT2D eigenvalue weighted by Crippen LogP contribution is 2.36. The van der Waals surface area contributed by atoms with Crippen LogP contribution in [0.1, 0.15) is 33.0 Å². The second kappa shape index (κ2) is 13.4. The average Bonchev–Trinajstić information content (AvgIpc) is 3.25. The molecule has 0 bridgehead atoms. The highest BCUT2D eigenvalue weighted by Gasteiger charge is 2.38. The molecule has 1 aliphatic heterocycles. The van der Waals surface area contributed by atoms with Crippen LogP contribution in [0.5, 0.6) is 0 Å². The number of fused-ring (bicyclic) bond motifs is 1. The lowest BCUT2D eigenvalue weighted by Gasteiger charge is -2.38. The number of aliphatic hydroxyl groups excluding tert-OH is 1. The Balaban J connectivity index is 1.60. The molecule has 0 saturated carbocycles. The zero-order valence-electron chi connectivity index (χ0n) is 20.3. The molecule has 0 aliphatic carbocycles. The summed E-state index contributed by atoms with van der Waals surface area (Å²) >= 11 is 0. The van der Waals surface area contributed by atoms with Crippen molar-refractivity contribution < 1.29 is 28.8 Å². The number of nitrogens with zero attached hydrogens (tertiary/aromatic N) is 1. The van der Waals surface area contributed by atoms with Gasteiger partial charge >= 0.3 is 0 Å². The topological polar surface area (TPSA) is 115 Å². The number of carbonyl (C=O) groups is 1. The van der Waals surface area contributed by atoms with Gasteiger partial charge in [-0.1, -0.05) is 26.0 Å². The third kappa shape index (κ3) is 7.27. The van der Waals surface area contributed by atoms with Gasteiger partial charge < -0.3 is 34.4 Å². The third-order valence-electron chi connectivity index (χ3n) is 5.81. The number of nitrogens with one attached hydrogen (secondary N) is 2. The second-order valence-corrected chi connectivity index (χ2v) is 8.58. The first-order chi connectivity index (χ1) is 16.5. The summed E-state index contributed by atoms with van der Waals surface area (Å²) in [5.74, 6) is 1.14. The van der Waals surface area contributed by atoms with Gasteiger partial charge in [0.25, 0.3) is 5.91 Å². The van der Waals surface area contributed by atoms with Crippen LogP contribution in [-0.4, -0.2) is 66.9 Å². The molecule has 9 heteroatoms. The van der Waals surface area contributed by atoms with E-state index in [1.807, 2.05) is 37.3 Å². The van der Waals surface area contributed by atoms with Crippen LogP contribution in [0.25, 0.3) is 11.0 Å². The van der Waals surface area contributed by atoms with Gasteiger partial charge in [-0.25, -0.2) is 4.98 Å². The van der Waals surface area contributed by atoms with Gasteiger partial charge in [0.15, 0.2) is 5.76 Å². The number of aromatic amines is 1.